The average molecular weight is 597 g/mol. The summed E-state index contributed by atoms with van der Waals surface area (Å²) in [6.45, 7) is 5.09. The standard InChI is InChI=1S/C29H30N11O4/c1-15-7-8-30-24(33-15)18-10-19(18)26(42)34-21-11-22(32-14-31-21)40(44)29(2,3)27-35-25-20(38-13-23(41)37(4)28(38)43)9-17(16-5-6-16)12-39(25)36-27/h7-9,11-12,14,16,18-19H,5-6,10,13H2,1-4H3,(H,31,32,34,42)/q-1/t18-,19-/m0/s1. The Kier molecular flexibility index (Phi) is 6.32. The maximum absolute atomic E-state index is 13.8. The molecular formula is C29H30N11O4-. The number of carbonyl (C=O) groups is 3. The lowest BCUT2D eigenvalue weighted by atomic mass is 10.0. The van der Waals surface area contributed by atoms with Crippen LogP contribution in [0.3, 0.4) is 0 Å². The van der Waals surface area contributed by atoms with Crippen LogP contribution in [0, 0.1) is 18.0 Å². The highest BCUT2D eigenvalue weighted by Crippen LogP contribution is 2.46. The molecule has 7 rings (SSSR count). The van der Waals surface area contributed by atoms with Gasteiger partial charge in [-0.1, -0.05) is 0 Å². The monoisotopic (exact) mass is 596 g/mol. The molecule has 3 fully saturated rings. The first kappa shape index (κ1) is 27.8. The Hall–Kier alpha value is -5.05. The normalized spacial score (nSPS) is 20.0. The van der Waals surface area contributed by atoms with Gasteiger partial charge in [0.05, 0.1) is 11.2 Å². The van der Waals surface area contributed by atoms with Crippen LogP contribution in [0.1, 0.15) is 67.9 Å². The van der Waals surface area contributed by atoms with Crippen molar-refractivity contribution in [2.24, 2.45) is 5.92 Å². The van der Waals surface area contributed by atoms with Gasteiger partial charge in [-0.2, -0.15) is 0 Å². The SMILES string of the molecule is Cc1ccnc([C@H]2C[C@@H]2C(=O)Nc2cc(N([O-])C(C)(C)c3nc4c(N5CC(=O)N(C)C5=O)cc(C5CC5)cn4n3)ncn2)n1. The highest BCUT2D eigenvalue weighted by Gasteiger charge is 2.46. The molecule has 0 bridgehead atoms. The molecule has 0 radical (unpaired) electrons. The number of amides is 4. The second kappa shape index (κ2) is 10.0. The lowest BCUT2D eigenvalue weighted by Crippen LogP contribution is -2.39. The molecule has 1 saturated heterocycles. The van der Waals surface area contributed by atoms with E-state index in [1.807, 2.05) is 19.2 Å². The number of hydrogen-bond donors (Lipinski definition) is 1. The lowest BCUT2D eigenvalue weighted by Gasteiger charge is -2.42. The Balaban J connectivity index is 1.14. The number of nitrogens with zero attached hydrogens (tertiary/aromatic N) is 10. The molecule has 3 aliphatic rings. The number of hydroxylamine groups is 1. The number of nitrogens with one attached hydrogen (secondary N) is 1. The first-order chi connectivity index (χ1) is 21.0. The quantitative estimate of drug-likeness (QED) is 0.234. The number of urea groups is 1. The summed E-state index contributed by atoms with van der Waals surface area (Å²) in [7, 11) is 1.44. The molecule has 15 heteroatoms. The van der Waals surface area contributed by atoms with Crippen LogP contribution in [0.5, 0.6) is 0 Å². The molecule has 2 aliphatic carbocycles. The van der Waals surface area contributed by atoms with Crippen LogP contribution in [0.4, 0.5) is 22.1 Å². The molecule has 1 N–H and O–H groups in total. The number of rotatable bonds is 8. The largest absolute Gasteiger partial charge is 0.757 e. The van der Waals surface area contributed by atoms with E-state index in [9.17, 15) is 19.6 Å². The second-order valence-electron chi connectivity index (χ2n) is 12.1. The van der Waals surface area contributed by atoms with E-state index in [1.165, 1.54) is 24.3 Å². The number of aromatic nitrogens is 7. The van der Waals surface area contributed by atoms with Crippen molar-refractivity contribution in [1.29, 1.82) is 0 Å². The first-order valence-corrected chi connectivity index (χ1v) is 14.4. The summed E-state index contributed by atoms with van der Waals surface area (Å²) < 4.78 is 1.57. The predicted molar refractivity (Wildman–Crippen MR) is 158 cm³/mol. The van der Waals surface area contributed by atoms with Gasteiger partial charge in [0.15, 0.2) is 11.5 Å². The van der Waals surface area contributed by atoms with Crippen LogP contribution in [0.2, 0.25) is 0 Å². The van der Waals surface area contributed by atoms with Gasteiger partial charge in [-0.3, -0.25) is 19.4 Å². The molecule has 5 heterocycles. The molecule has 2 atom stereocenters. The molecule has 0 aromatic carbocycles. The smallest absolute Gasteiger partial charge is 0.331 e. The number of aryl methyl sites for hydroxylation is 1. The van der Waals surface area contributed by atoms with E-state index >= 15 is 0 Å². The van der Waals surface area contributed by atoms with Crippen LogP contribution in [-0.4, -0.2) is 70.9 Å². The van der Waals surface area contributed by atoms with Gasteiger partial charge in [0.1, 0.15) is 30.3 Å². The maximum atomic E-state index is 13.8. The van der Waals surface area contributed by atoms with Gasteiger partial charge in [-0.25, -0.2) is 34.2 Å². The van der Waals surface area contributed by atoms with Crippen molar-refractivity contribution in [2.75, 3.05) is 28.9 Å². The fourth-order valence-corrected chi connectivity index (χ4v) is 5.41. The van der Waals surface area contributed by atoms with E-state index in [-0.39, 0.29) is 47.7 Å². The zero-order valence-electron chi connectivity index (χ0n) is 24.6. The van der Waals surface area contributed by atoms with Gasteiger partial charge < -0.3 is 15.6 Å². The van der Waals surface area contributed by atoms with E-state index in [0.29, 0.717) is 34.6 Å². The van der Waals surface area contributed by atoms with Crippen molar-refractivity contribution in [2.45, 2.75) is 57.4 Å². The molecular weight excluding hydrogens is 566 g/mol. The van der Waals surface area contributed by atoms with Crippen LogP contribution >= 0.6 is 0 Å². The maximum Gasteiger partial charge on any atom is 0.331 e. The Morgan fingerprint density at radius 1 is 1.14 bits per heavy atom. The third kappa shape index (κ3) is 4.78. The Morgan fingerprint density at radius 3 is 2.64 bits per heavy atom. The fourth-order valence-electron chi connectivity index (χ4n) is 5.41. The van der Waals surface area contributed by atoms with Crippen LogP contribution in [-0.2, 0) is 15.1 Å². The molecule has 226 valence electrons. The molecule has 0 unspecified atom stereocenters. The zero-order valence-corrected chi connectivity index (χ0v) is 24.6. The molecule has 1 aliphatic heterocycles. The van der Waals surface area contributed by atoms with Gasteiger partial charge in [0.2, 0.25) is 11.8 Å². The molecule has 0 spiro atoms. The number of imide groups is 1. The minimum atomic E-state index is -1.32. The van der Waals surface area contributed by atoms with Crippen molar-refractivity contribution in [3.63, 3.8) is 0 Å². The number of anilines is 3. The zero-order chi connectivity index (χ0) is 30.9. The molecule has 4 aromatic heterocycles. The first-order valence-electron chi connectivity index (χ1n) is 14.4. The van der Waals surface area contributed by atoms with Crippen molar-refractivity contribution >= 4 is 40.8 Å². The molecule has 15 nitrogen and oxygen atoms in total. The number of likely N-dealkylation sites (N-methyl/N-ethyl adjacent to an activating group) is 1. The third-order valence-corrected chi connectivity index (χ3v) is 8.40. The van der Waals surface area contributed by atoms with E-state index in [0.717, 1.165) is 29.0 Å². The molecule has 4 amide bonds. The van der Waals surface area contributed by atoms with Crippen molar-refractivity contribution in [3.8, 4) is 0 Å². The van der Waals surface area contributed by atoms with Crippen LogP contribution < -0.4 is 15.3 Å². The van der Waals surface area contributed by atoms with Crippen molar-refractivity contribution in [3.05, 3.63) is 65.0 Å². The Labute approximate surface area is 251 Å². The summed E-state index contributed by atoms with van der Waals surface area (Å²) in [6, 6.07) is 4.65. The average Bonchev–Trinajstić information content (AvgIpc) is 3.93. The third-order valence-electron chi connectivity index (χ3n) is 8.40. The fraction of sp³-hybridized carbons (Fsp3) is 0.414. The summed E-state index contributed by atoms with van der Waals surface area (Å²) in [4.78, 5) is 62.3. The van der Waals surface area contributed by atoms with E-state index in [4.69, 9.17) is 0 Å². The van der Waals surface area contributed by atoms with E-state index in [2.05, 4.69) is 35.3 Å². The highest BCUT2D eigenvalue weighted by atomic mass is 16.5. The Bertz CT molecular complexity index is 1840. The number of hydrogen-bond acceptors (Lipinski definition) is 11. The van der Waals surface area contributed by atoms with Crippen LogP contribution in [0.15, 0.2) is 36.9 Å². The van der Waals surface area contributed by atoms with Crippen molar-refractivity contribution < 1.29 is 14.4 Å². The van der Waals surface area contributed by atoms with Gasteiger partial charge in [0.25, 0.3) is 0 Å². The highest BCUT2D eigenvalue weighted by molar-refractivity contribution is 6.13. The Morgan fingerprint density at radius 2 is 1.93 bits per heavy atom. The number of carbonyl (C=O) groups excluding carboxylic acids is 3. The number of pyridine rings is 1. The summed E-state index contributed by atoms with van der Waals surface area (Å²) in [5, 5.41) is 21.8. The molecule has 4 aromatic rings. The molecule has 44 heavy (non-hydrogen) atoms. The minimum Gasteiger partial charge on any atom is -0.757 e. The van der Waals surface area contributed by atoms with Crippen LogP contribution in [0.25, 0.3) is 5.65 Å². The van der Waals surface area contributed by atoms with Gasteiger partial charge in [0, 0.05) is 43.0 Å². The van der Waals surface area contributed by atoms with E-state index in [1.54, 1.807) is 30.6 Å². The topological polar surface area (TPSA) is 178 Å². The molecule has 2 saturated carbocycles. The van der Waals surface area contributed by atoms with Gasteiger partial charge >= 0.3 is 6.03 Å². The van der Waals surface area contributed by atoms with Crippen molar-refractivity contribution in [1.82, 2.24) is 39.4 Å². The predicted octanol–water partition coefficient (Wildman–Crippen LogP) is 2.88. The second-order valence-corrected chi connectivity index (χ2v) is 12.1. The summed E-state index contributed by atoms with van der Waals surface area (Å²) in [5.41, 5.74) is 1.33. The summed E-state index contributed by atoms with van der Waals surface area (Å²) in [5.74, 6) is 0.466. The summed E-state index contributed by atoms with van der Waals surface area (Å²) >= 11 is 0. The van der Waals surface area contributed by atoms with Gasteiger partial charge in [-0.15, -0.1) is 5.10 Å². The summed E-state index contributed by atoms with van der Waals surface area (Å²) in [6.07, 6.45) is 7.42. The minimum absolute atomic E-state index is 0.00866. The number of fused-ring (bicyclic) bond motifs is 1. The lowest BCUT2D eigenvalue weighted by molar-refractivity contribution is -0.124. The van der Waals surface area contributed by atoms with Gasteiger partial charge in [-0.05, 0) is 63.6 Å². The van der Waals surface area contributed by atoms with E-state index < -0.39 is 11.6 Å².